The molecule has 1 aromatic carbocycles. The summed E-state index contributed by atoms with van der Waals surface area (Å²) in [5, 5.41) is 0.681. The normalized spacial score (nSPS) is 12.9. The highest BCUT2D eigenvalue weighted by molar-refractivity contribution is 6.30. The first-order valence-electron chi connectivity index (χ1n) is 4.78. The molecule has 1 unspecified atom stereocenters. The Bertz CT molecular complexity index is 328. The molecule has 2 N–H and O–H groups in total. The van der Waals surface area contributed by atoms with Gasteiger partial charge in [-0.2, -0.15) is 0 Å². The van der Waals surface area contributed by atoms with Crippen molar-refractivity contribution < 1.29 is 4.74 Å². The lowest BCUT2D eigenvalue weighted by Gasteiger charge is -2.19. The molecular weight excluding hydrogens is 212 g/mol. The largest absolute Gasteiger partial charge is 0.496 e. The third-order valence-electron chi connectivity index (χ3n) is 2.15. The Labute approximate surface area is 95.8 Å². The van der Waals surface area contributed by atoms with Crippen LogP contribution in [0.15, 0.2) is 18.2 Å². The molecule has 0 aromatic heterocycles. The number of likely N-dealkylation sites (N-methyl/N-ethyl adjacent to an activating group) is 1. The number of hydrogen-bond acceptors (Lipinski definition) is 3. The van der Waals surface area contributed by atoms with E-state index in [4.69, 9.17) is 22.1 Å². The maximum atomic E-state index is 6.06. The number of hydrogen-bond donors (Lipinski definition) is 1. The van der Waals surface area contributed by atoms with Crippen LogP contribution in [0, 0.1) is 0 Å². The Morgan fingerprint density at radius 1 is 1.47 bits per heavy atom. The summed E-state index contributed by atoms with van der Waals surface area (Å²) in [4.78, 5) is 2.03. The summed E-state index contributed by atoms with van der Waals surface area (Å²) in [6, 6.07) is 5.40. The van der Waals surface area contributed by atoms with Crippen LogP contribution in [0.3, 0.4) is 0 Å². The summed E-state index contributed by atoms with van der Waals surface area (Å²) in [7, 11) is 5.60. The van der Waals surface area contributed by atoms with Gasteiger partial charge in [0, 0.05) is 23.2 Å². The molecule has 1 atom stereocenters. The van der Waals surface area contributed by atoms with Crippen molar-refractivity contribution in [3.63, 3.8) is 0 Å². The van der Waals surface area contributed by atoms with Crippen LogP contribution in [0.2, 0.25) is 5.02 Å². The van der Waals surface area contributed by atoms with Gasteiger partial charge in [-0.25, -0.2) is 0 Å². The quantitative estimate of drug-likeness (QED) is 0.856. The van der Waals surface area contributed by atoms with E-state index in [0.29, 0.717) is 5.02 Å². The molecule has 4 heteroatoms. The van der Waals surface area contributed by atoms with Gasteiger partial charge in [0.05, 0.1) is 7.11 Å². The fraction of sp³-hybridized carbons (Fsp3) is 0.455. The van der Waals surface area contributed by atoms with Gasteiger partial charge in [0.1, 0.15) is 5.75 Å². The van der Waals surface area contributed by atoms with Crippen LogP contribution < -0.4 is 10.5 Å². The standard InChI is InChI=1S/C11H17ClN2O/c1-14(2)7-10(13)9-6-8(12)4-5-11(9)15-3/h4-6,10H,7,13H2,1-3H3. The van der Waals surface area contributed by atoms with E-state index in [9.17, 15) is 0 Å². The molecule has 0 fully saturated rings. The van der Waals surface area contributed by atoms with Crippen LogP contribution in [0.25, 0.3) is 0 Å². The van der Waals surface area contributed by atoms with Crippen LogP contribution in [-0.2, 0) is 0 Å². The van der Waals surface area contributed by atoms with Crippen molar-refractivity contribution in [1.29, 1.82) is 0 Å². The molecule has 0 heterocycles. The van der Waals surface area contributed by atoms with Gasteiger partial charge in [-0.1, -0.05) is 11.6 Å². The maximum absolute atomic E-state index is 6.06. The zero-order valence-electron chi connectivity index (χ0n) is 9.33. The number of rotatable bonds is 4. The summed E-state index contributed by atoms with van der Waals surface area (Å²) in [6.07, 6.45) is 0. The van der Waals surface area contributed by atoms with E-state index in [-0.39, 0.29) is 6.04 Å². The van der Waals surface area contributed by atoms with E-state index < -0.39 is 0 Å². The van der Waals surface area contributed by atoms with Gasteiger partial charge in [0.25, 0.3) is 0 Å². The molecule has 3 nitrogen and oxygen atoms in total. The Hall–Kier alpha value is -0.770. The number of benzene rings is 1. The zero-order valence-corrected chi connectivity index (χ0v) is 10.1. The summed E-state index contributed by atoms with van der Waals surface area (Å²) in [5.41, 5.74) is 7.00. The average Bonchev–Trinajstić information content (AvgIpc) is 2.16. The second-order valence-corrected chi connectivity index (χ2v) is 4.19. The summed E-state index contributed by atoms with van der Waals surface area (Å²) >= 11 is 5.93. The van der Waals surface area contributed by atoms with E-state index in [1.807, 2.05) is 31.1 Å². The predicted molar refractivity (Wildman–Crippen MR) is 63.5 cm³/mol. The van der Waals surface area contributed by atoms with Crippen molar-refractivity contribution in [3.05, 3.63) is 28.8 Å². The molecular formula is C11H17ClN2O. The minimum Gasteiger partial charge on any atom is -0.496 e. The van der Waals surface area contributed by atoms with E-state index in [2.05, 4.69) is 0 Å². The molecule has 0 amide bonds. The fourth-order valence-electron chi connectivity index (χ4n) is 1.49. The first kappa shape index (κ1) is 12.3. The van der Waals surface area contributed by atoms with Crippen molar-refractivity contribution in [2.24, 2.45) is 5.73 Å². The molecule has 1 rings (SSSR count). The highest BCUT2D eigenvalue weighted by Crippen LogP contribution is 2.27. The minimum absolute atomic E-state index is 0.0892. The van der Waals surface area contributed by atoms with Gasteiger partial charge in [-0.15, -0.1) is 0 Å². The van der Waals surface area contributed by atoms with Crippen LogP contribution in [-0.4, -0.2) is 32.6 Å². The van der Waals surface area contributed by atoms with Crippen LogP contribution in [0.4, 0.5) is 0 Å². The smallest absolute Gasteiger partial charge is 0.123 e. The third-order valence-corrected chi connectivity index (χ3v) is 2.39. The predicted octanol–water partition coefficient (Wildman–Crippen LogP) is 1.91. The SMILES string of the molecule is COc1ccc(Cl)cc1C(N)CN(C)C. The zero-order chi connectivity index (χ0) is 11.4. The second kappa shape index (κ2) is 5.35. The van der Waals surface area contributed by atoms with Gasteiger partial charge in [0.15, 0.2) is 0 Å². The lowest BCUT2D eigenvalue weighted by Crippen LogP contribution is -2.26. The second-order valence-electron chi connectivity index (χ2n) is 3.76. The number of halogens is 1. The van der Waals surface area contributed by atoms with Gasteiger partial charge < -0.3 is 15.4 Å². The van der Waals surface area contributed by atoms with Crippen LogP contribution in [0.1, 0.15) is 11.6 Å². The van der Waals surface area contributed by atoms with Crippen molar-refractivity contribution in [3.8, 4) is 5.75 Å². The van der Waals surface area contributed by atoms with Crippen molar-refractivity contribution in [1.82, 2.24) is 4.90 Å². The Balaban J connectivity index is 2.94. The Kier molecular flexibility index (Phi) is 4.39. The summed E-state index contributed by atoms with van der Waals surface area (Å²) in [6.45, 7) is 0.761. The average molecular weight is 229 g/mol. The first-order valence-corrected chi connectivity index (χ1v) is 5.16. The molecule has 0 saturated carbocycles. The maximum Gasteiger partial charge on any atom is 0.123 e. The highest BCUT2D eigenvalue weighted by Gasteiger charge is 2.13. The van der Waals surface area contributed by atoms with Gasteiger partial charge >= 0.3 is 0 Å². The molecule has 0 radical (unpaired) electrons. The molecule has 84 valence electrons. The highest BCUT2D eigenvalue weighted by atomic mass is 35.5. The number of nitrogens with two attached hydrogens (primary N) is 1. The number of ether oxygens (including phenoxy) is 1. The van der Waals surface area contributed by atoms with Crippen LogP contribution >= 0.6 is 11.6 Å². The molecule has 1 aromatic rings. The fourth-order valence-corrected chi connectivity index (χ4v) is 1.67. The monoisotopic (exact) mass is 228 g/mol. The minimum atomic E-state index is -0.0892. The van der Waals surface area contributed by atoms with E-state index >= 15 is 0 Å². The molecule has 15 heavy (non-hydrogen) atoms. The van der Waals surface area contributed by atoms with Crippen molar-refractivity contribution in [2.75, 3.05) is 27.7 Å². The topological polar surface area (TPSA) is 38.5 Å². The van der Waals surface area contributed by atoms with E-state index in [1.165, 1.54) is 0 Å². The Morgan fingerprint density at radius 2 is 2.13 bits per heavy atom. The molecule has 0 saturated heterocycles. The van der Waals surface area contributed by atoms with Crippen molar-refractivity contribution in [2.45, 2.75) is 6.04 Å². The van der Waals surface area contributed by atoms with Gasteiger partial charge in [-0.3, -0.25) is 0 Å². The molecule has 0 aliphatic rings. The molecule has 0 aliphatic heterocycles. The van der Waals surface area contributed by atoms with Crippen molar-refractivity contribution >= 4 is 11.6 Å². The summed E-state index contributed by atoms with van der Waals surface area (Å²) in [5.74, 6) is 0.786. The lowest BCUT2D eigenvalue weighted by atomic mass is 10.1. The first-order chi connectivity index (χ1) is 7.04. The molecule has 0 aliphatic carbocycles. The van der Waals surface area contributed by atoms with Gasteiger partial charge in [-0.05, 0) is 32.3 Å². The number of methoxy groups -OCH3 is 1. The number of nitrogens with zero attached hydrogens (tertiary/aromatic N) is 1. The van der Waals surface area contributed by atoms with E-state index in [1.54, 1.807) is 13.2 Å². The van der Waals surface area contributed by atoms with Crippen LogP contribution in [0.5, 0.6) is 5.75 Å². The third kappa shape index (κ3) is 3.38. The summed E-state index contributed by atoms with van der Waals surface area (Å²) < 4.78 is 5.25. The lowest BCUT2D eigenvalue weighted by molar-refractivity contribution is 0.362. The molecule has 0 spiro atoms. The van der Waals surface area contributed by atoms with E-state index in [0.717, 1.165) is 17.9 Å². The molecule has 0 bridgehead atoms. The van der Waals surface area contributed by atoms with Gasteiger partial charge in [0.2, 0.25) is 0 Å². The Morgan fingerprint density at radius 3 is 2.67 bits per heavy atom.